The van der Waals surface area contributed by atoms with Gasteiger partial charge in [-0.15, -0.1) is 0 Å². The molecule has 1 aromatic rings. The van der Waals surface area contributed by atoms with E-state index in [-0.39, 0.29) is 23.3 Å². The molecular formula is C20H29N3O3. The Labute approximate surface area is 155 Å². The van der Waals surface area contributed by atoms with Crippen molar-refractivity contribution >= 4 is 12.0 Å². The fourth-order valence-electron chi connectivity index (χ4n) is 3.76. The summed E-state index contributed by atoms with van der Waals surface area (Å²) in [6.07, 6.45) is 7.92. The lowest BCUT2D eigenvalue weighted by atomic mass is 9.96. The molecular weight excluding hydrogens is 330 g/mol. The number of amides is 2. The van der Waals surface area contributed by atoms with Crippen LogP contribution in [0.4, 0.5) is 4.79 Å². The molecule has 2 amide bonds. The normalized spacial score (nSPS) is 24.0. The predicted molar refractivity (Wildman–Crippen MR) is 98.7 cm³/mol. The number of ether oxygens (including phenoxy) is 1. The van der Waals surface area contributed by atoms with Crippen LogP contribution in [0.25, 0.3) is 0 Å². The maximum Gasteiger partial charge on any atom is 0.407 e. The third-order valence-corrected chi connectivity index (χ3v) is 5.16. The Kier molecular flexibility index (Phi) is 5.21. The average Bonchev–Trinajstić information content (AvgIpc) is 3.26. The van der Waals surface area contributed by atoms with E-state index in [1.54, 1.807) is 6.20 Å². The van der Waals surface area contributed by atoms with Gasteiger partial charge in [0, 0.05) is 24.9 Å². The summed E-state index contributed by atoms with van der Waals surface area (Å²) < 4.78 is 5.31. The largest absolute Gasteiger partial charge is 0.444 e. The van der Waals surface area contributed by atoms with Crippen molar-refractivity contribution in [2.75, 3.05) is 6.54 Å². The monoisotopic (exact) mass is 359 g/mol. The maximum atomic E-state index is 12.7. The number of aromatic nitrogens is 1. The molecule has 6 nitrogen and oxygen atoms in total. The molecule has 0 bridgehead atoms. The first-order chi connectivity index (χ1) is 12.3. The zero-order valence-corrected chi connectivity index (χ0v) is 15.9. The van der Waals surface area contributed by atoms with Gasteiger partial charge in [0.1, 0.15) is 5.60 Å². The highest BCUT2D eigenvalue weighted by atomic mass is 16.6. The minimum atomic E-state index is -0.527. The molecule has 0 spiro atoms. The van der Waals surface area contributed by atoms with Gasteiger partial charge in [-0.2, -0.15) is 0 Å². The number of alkyl carbamates (subject to hydrolysis) is 1. The van der Waals surface area contributed by atoms with Crippen LogP contribution >= 0.6 is 0 Å². The molecule has 2 aliphatic carbocycles. The lowest BCUT2D eigenvalue weighted by Crippen LogP contribution is -2.54. The van der Waals surface area contributed by atoms with Crippen LogP contribution in [-0.2, 0) is 9.53 Å². The second-order valence-corrected chi connectivity index (χ2v) is 8.57. The van der Waals surface area contributed by atoms with Crippen molar-refractivity contribution in [3.8, 4) is 0 Å². The third kappa shape index (κ3) is 4.74. The van der Waals surface area contributed by atoms with Crippen molar-refractivity contribution in [2.24, 2.45) is 5.92 Å². The van der Waals surface area contributed by atoms with E-state index in [0.717, 1.165) is 37.7 Å². The van der Waals surface area contributed by atoms with E-state index in [1.807, 2.05) is 39.1 Å². The Hall–Kier alpha value is -2.11. The summed E-state index contributed by atoms with van der Waals surface area (Å²) in [6, 6.07) is 3.94. The highest BCUT2D eigenvalue weighted by molar-refractivity contribution is 5.83. The Balaban J connectivity index is 1.55. The summed E-state index contributed by atoms with van der Waals surface area (Å²) in [6.45, 7) is 5.93. The minimum absolute atomic E-state index is 0.0122. The fourth-order valence-corrected chi connectivity index (χ4v) is 3.76. The highest BCUT2D eigenvalue weighted by Gasteiger charge is 2.47. The molecule has 0 saturated heterocycles. The van der Waals surface area contributed by atoms with E-state index in [2.05, 4.69) is 15.6 Å². The number of hydrogen-bond acceptors (Lipinski definition) is 4. The molecule has 2 atom stereocenters. The van der Waals surface area contributed by atoms with Crippen molar-refractivity contribution in [3.05, 3.63) is 30.1 Å². The summed E-state index contributed by atoms with van der Waals surface area (Å²) >= 11 is 0. The first kappa shape index (κ1) is 18.7. The van der Waals surface area contributed by atoms with Gasteiger partial charge < -0.3 is 15.4 Å². The number of rotatable bonds is 5. The second kappa shape index (κ2) is 7.25. The molecule has 0 aromatic carbocycles. The molecule has 0 unspecified atom stereocenters. The number of pyridine rings is 1. The first-order valence-corrected chi connectivity index (χ1v) is 9.47. The Morgan fingerprint density at radius 2 is 2.04 bits per heavy atom. The van der Waals surface area contributed by atoms with Gasteiger partial charge in [0.2, 0.25) is 5.91 Å². The van der Waals surface area contributed by atoms with E-state index in [9.17, 15) is 9.59 Å². The van der Waals surface area contributed by atoms with Crippen LogP contribution < -0.4 is 10.6 Å². The van der Waals surface area contributed by atoms with Crippen molar-refractivity contribution in [1.29, 1.82) is 0 Å². The Bertz CT molecular complexity index is 648. The quantitative estimate of drug-likeness (QED) is 0.846. The molecule has 2 fully saturated rings. The third-order valence-electron chi connectivity index (χ3n) is 5.16. The van der Waals surface area contributed by atoms with Crippen LogP contribution in [0, 0.1) is 5.92 Å². The molecule has 3 rings (SSSR count). The van der Waals surface area contributed by atoms with Crippen molar-refractivity contribution in [1.82, 2.24) is 15.6 Å². The predicted octanol–water partition coefficient (Wildman–Crippen LogP) is 3.14. The SMILES string of the molecule is CC(C)(C)OC(=O)NCC1(NC(=O)[C@@H]2C[C@H]2c2cccnc2)CCCC1. The number of nitrogens with zero attached hydrogens (tertiary/aromatic N) is 1. The lowest BCUT2D eigenvalue weighted by Gasteiger charge is -2.31. The van der Waals surface area contributed by atoms with Crippen LogP contribution in [0.3, 0.4) is 0 Å². The van der Waals surface area contributed by atoms with E-state index < -0.39 is 11.7 Å². The Morgan fingerprint density at radius 3 is 2.65 bits per heavy atom. The summed E-state index contributed by atoms with van der Waals surface area (Å²) in [5.74, 6) is 0.367. The number of hydrogen-bond donors (Lipinski definition) is 2. The molecule has 26 heavy (non-hydrogen) atoms. The van der Waals surface area contributed by atoms with Crippen LogP contribution in [-0.4, -0.2) is 34.7 Å². The number of carbonyl (C=O) groups is 2. The van der Waals surface area contributed by atoms with Gasteiger partial charge in [0.05, 0.1) is 5.54 Å². The fraction of sp³-hybridized carbons (Fsp3) is 0.650. The summed E-state index contributed by atoms with van der Waals surface area (Å²) in [7, 11) is 0. The van der Waals surface area contributed by atoms with Gasteiger partial charge in [-0.1, -0.05) is 18.9 Å². The van der Waals surface area contributed by atoms with Gasteiger partial charge in [0.25, 0.3) is 0 Å². The van der Waals surface area contributed by atoms with Crippen LogP contribution in [0.2, 0.25) is 0 Å². The lowest BCUT2D eigenvalue weighted by molar-refractivity contribution is -0.124. The van der Waals surface area contributed by atoms with Gasteiger partial charge in [-0.3, -0.25) is 9.78 Å². The molecule has 1 heterocycles. The number of carbonyl (C=O) groups excluding carboxylic acids is 2. The Morgan fingerprint density at radius 1 is 1.31 bits per heavy atom. The molecule has 2 aliphatic rings. The van der Waals surface area contributed by atoms with Crippen molar-refractivity contribution in [2.45, 2.75) is 69.9 Å². The van der Waals surface area contributed by atoms with E-state index in [0.29, 0.717) is 6.54 Å². The molecule has 2 saturated carbocycles. The average molecular weight is 359 g/mol. The summed E-state index contributed by atoms with van der Waals surface area (Å²) in [5.41, 5.74) is 0.247. The molecule has 0 aliphatic heterocycles. The molecule has 2 N–H and O–H groups in total. The van der Waals surface area contributed by atoms with Crippen molar-refractivity contribution < 1.29 is 14.3 Å². The van der Waals surface area contributed by atoms with Crippen LogP contribution in [0.1, 0.15) is 64.4 Å². The van der Waals surface area contributed by atoms with Gasteiger partial charge in [-0.05, 0) is 57.6 Å². The molecule has 1 aromatic heterocycles. The zero-order valence-electron chi connectivity index (χ0n) is 15.9. The van der Waals surface area contributed by atoms with Gasteiger partial charge in [-0.25, -0.2) is 4.79 Å². The maximum absolute atomic E-state index is 12.7. The summed E-state index contributed by atoms with van der Waals surface area (Å²) in [4.78, 5) is 28.9. The standard InChI is InChI=1S/C20H29N3O3/c1-19(2,3)26-18(25)22-13-20(8-4-5-9-20)23-17(24)16-11-15(16)14-7-6-10-21-12-14/h6-7,10,12,15-16H,4-5,8-9,11,13H2,1-3H3,(H,22,25)(H,23,24)/t15-,16+/m0/s1. The van der Waals surface area contributed by atoms with Gasteiger partial charge >= 0.3 is 6.09 Å². The minimum Gasteiger partial charge on any atom is -0.444 e. The van der Waals surface area contributed by atoms with Gasteiger partial charge in [0.15, 0.2) is 0 Å². The van der Waals surface area contributed by atoms with Crippen LogP contribution in [0.15, 0.2) is 24.5 Å². The number of nitrogens with one attached hydrogen (secondary N) is 2. The first-order valence-electron chi connectivity index (χ1n) is 9.47. The molecule has 0 radical (unpaired) electrons. The van der Waals surface area contributed by atoms with Crippen molar-refractivity contribution in [3.63, 3.8) is 0 Å². The zero-order chi connectivity index (χ0) is 18.8. The van der Waals surface area contributed by atoms with Crippen LogP contribution in [0.5, 0.6) is 0 Å². The van der Waals surface area contributed by atoms with E-state index in [1.165, 1.54) is 0 Å². The molecule has 142 valence electrons. The highest BCUT2D eigenvalue weighted by Crippen LogP contribution is 2.47. The van der Waals surface area contributed by atoms with E-state index >= 15 is 0 Å². The van der Waals surface area contributed by atoms with E-state index in [4.69, 9.17) is 4.74 Å². The smallest absolute Gasteiger partial charge is 0.407 e. The topological polar surface area (TPSA) is 80.3 Å². The second-order valence-electron chi connectivity index (χ2n) is 8.57. The molecule has 6 heteroatoms. The summed E-state index contributed by atoms with van der Waals surface area (Å²) in [5, 5.41) is 6.09.